The first-order valence-electron chi connectivity index (χ1n) is 11.4. The first kappa shape index (κ1) is 22.9. The van der Waals surface area contributed by atoms with Gasteiger partial charge in [-0.15, -0.1) is 11.3 Å². The molecule has 180 valence electrons. The van der Waals surface area contributed by atoms with Gasteiger partial charge in [0.25, 0.3) is 5.56 Å². The number of benzene rings is 1. The van der Waals surface area contributed by atoms with Crippen LogP contribution in [0.5, 0.6) is 0 Å². The number of aromatic nitrogens is 2. The molecule has 1 atom stereocenters. The molecular weight excluding hydrogens is 465 g/mol. The second-order valence-electron chi connectivity index (χ2n) is 9.13. The predicted octanol–water partition coefficient (Wildman–Crippen LogP) is 3.95. The Morgan fingerprint density at radius 3 is 2.71 bits per heavy atom. The molecule has 2 aliphatic rings. The monoisotopic (exact) mass is 490 g/mol. The Kier molecular flexibility index (Phi) is 5.87. The number of alkyl halides is 3. The van der Waals surface area contributed by atoms with Gasteiger partial charge in [-0.2, -0.15) is 13.2 Å². The van der Waals surface area contributed by atoms with Crippen molar-refractivity contribution in [1.82, 2.24) is 14.5 Å². The number of hydrogen-bond acceptors (Lipinski definition) is 5. The predicted molar refractivity (Wildman–Crippen MR) is 125 cm³/mol. The Bertz CT molecular complexity index is 1290. The Labute approximate surface area is 198 Å². The molecule has 1 amide bonds. The van der Waals surface area contributed by atoms with Crippen molar-refractivity contribution in [1.29, 1.82) is 0 Å². The molecular formula is C24H25F3N4O2S. The van der Waals surface area contributed by atoms with Crippen LogP contribution >= 0.6 is 11.3 Å². The van der Waals surface area contributed by atoms with Gasteiger partial charge < -0.3 is 9.80 Å². The van der Waals surface area contributed by atoms with Gasteiger partial charge in [0, 0.05) is 36.7 Å². The first-order valence-corrected chi connectivity index (χ1v) is 12.2. The fraction of sp³-hybridized carbons (Fsp3) is 0.458. The van der Waals surface area contributed by atoms with Gasteiger partial charge in [0.1, 0.15) is 11.4 Å². The molecule has 6 nitrogen and oxygen atoms in total. The maximum Gasteiger partial charge on any atom is 0.416 e. The second-order valence-corrected chi connectivity index (χ2v) is 10.2. The van der Waals surface area contributed by atoms with Gasteiger partial charge in [-0.1, -0.05) is 13.0 Å². The minimum Gasteiger partial charge on any atom is -0.368 e. The zero-order valence-corrected chi connectivity index (χ0v) is 19.6. The molecule has 10 heteroatoms. The van der Waals surface area contributed by atoms with Gasteiger partial charge >= 0.3 is 6.18 Å². The van der Waals surface area contributed by atoms with Crippen LogP contribution in [0.3, 0.4) is 0 Å². The Balaban J connectivity index is 1.27. The van der Waals surface area contributed by atoms with Crippen molar-refractivity contribution in [2.24, 2.45) is 5.92 Å². The second kappa shape index (κ2) is 8.72. The third-order valence-electron chi connectivity index (χ3n) is 6.76. The summed E-state index contributed by atoms with van der Waals surface area (Å²) in [5.74, 6) is 0.406. The van der Waals surface area contributed by atoms with E-state index in [2.05, 4.69) is 11.9 Å². The van der Waals surface area contributed by atoms with E-state index in [1.54, 1.807) is 22.3 Å². The Morgan fingerprint density at radius 2 is 1.97 bits per heavy atom. The maximum absolute atomic E-state index is 13.2. The number of carbonyl (C=O) groups excluding carboxylic acids is 1. The lowest BCUT2D eigenvalue weighted by molar-refractivity contribution is -0.137. The van der Waals surface area contributed by atoms with Crippen LogP contribution in [-0.2, 0) is 30.4 Å². The number of aryl methyl sites for hydroxylation is 1. The van der Waals surface area contributed by atoms with Gasteiger partial charge in [0.05, 0.1) is 17.3 Å². The number of piperazine rings is 1. The average Bonchev–Trinajstić information content (AvgIpc) is 3.18. The van der Waals surface area contributed by atoms with Crippen molar-refractivity contribution in [3.63, 3.8) is 0 Å². The molecule has 1 aliphatic heterocycles. The Morgan fingerprint density at radius 1 is 1.21 bits per heavy atom. The number of thiophene rings is 1. The van der Waals surface area contributed by atoms with Crippen molar-refractivity contribution in [3.05, 3.63) is 57.0 Å². The van der Waals surface area contributed by atoms with Gasteiger partial charge in [0.15, 0.2) is 0 Å². The largest absolute Gasteiger partial charge is 0.416 e. The van der Waals surface area contributed by atoms with E-state index in [0.29, 0.717) is 43.2 Å². The molecule has 0 N–H and O–H groups in total. The quantitative estimate of drug-likeness (QED) is 0.558. The average molecular weight is 491 g/mol. The fourth-order valence-corrected chi connectivity index (χ4v) is 6.16. The maximum atomic E-state index is 13.2. The first-order chi connectivity index (χ1) is 16.2. The molecule has 1 aliphatic carbocycles. The summed E-state index contributed by atoms with van der Waals surface area (Å²) in [6.07, 6.45) is -0.0704. The summed E-state index contributed by atoms with van der Waals surface area (Å²) in [6.45, 7) is 3.73. The van der Waals surface area contributed by atoms with Crippen LogP contribution in [0.15, 0.2) is 35.4 Å². The number of nitrogens with zero attached hydrogens (tertiary/aromatic N) is 4. The van der Waals surface area contributed by atoms with E-state index in [0.717, 1.165) is 41.8 Å². The molecule has 1 unspecified atom stereocenters. The summed E-state index contributed by atoms with van der Waals surface area (Å²) >= 11 is 1.58. The Hall–Kier alpha value is -2.88. The fourth-order valence-electron chi connectivity index (χ4n) is 4.82. The van der Waals surface area contributed by atoms with Crippen LogP contribution in [0.2, 0.25) is 0 Å². The summed E-state index contributed by atoms with van der Waals surface area (Å²) in [6, 6.07) is 5.24. The topological polar surface area (TPSA) is 58.4 Å². The van der Waals surface area contributed by atoms with Crippen LogP contribution in [-0.4, -0.2) is 46.5 Å². The molecule has 5 rings (SSSR count). The van der Waals surface area contributed by atoms with E-state index in [9.17, 15) is 22.8 Å². The van der Waals surface area contributed by atoms with Crippen molar-refractivity contribution in [2.45, 2.75) is 38.9 Å². The lowest BCUT2D eigenvalue weighted by atomic mass is 9.89. The standard InChI is InChI=1S/C24H25F3N4O2S/c1-15-5-6-18-19(11-15)34-22-21(18)23(33)31(14-28-22)13-20(32)30-9-7-29(8-10-30)17-4-2-3-16(12-17)24(25,26)27/h2-4,12,14-15H,5-11,13H2,1H3. The molecule has 2 aromatic heterocycles. The molecule has 0 spiro atoms. The number of fused-ring (bicyclic) bond motifs is 3. The lowest BCUT2D eigenvalue weighted by Crippen LogP contribution is -2.50. The van der Waals surface area contributed by atoms with E-state index < -0.39 is 11.7 Å². The highest BCUT2D eigenvalue weighted by Crippen LogP contribution is 2.35. The van der Waals surface area contributed by atoms with E-state index in [1.165, 1.54) is 21.8 Å². The number of rotatable bonds is 3. The minimum absolute atomic E-state index is 0.0909. The molecule has 3 aromatic rings. The van der Waals surface area contributed by atoms with Crippen molar-refractivity contribution in [3.8, 4) is 0 Å². The normalized spacial score (nSPS) is 18.9. The van der Waals surface area contributed by atoms with Crippen molar-refractivity contribution < 1.29 is 18.0 Å². The number of anilines is 1. The van der Waals surface area contributed by atoms with Gasteiger partial charge in [0.2, 0.25) is 5.91 Å². The summed E-state index contributed by atoms with van der Waals surface area (Å²) in [5.41, 5.74) is 0.722. The smallest absolute Gasteiger partial charge is 0.368 e. The molecule has 0 saturated carbocycles. The molecule has 34 heavy (non-hydrogen) atoms. The molecule has 3 heterocycles. The summed E-state index contributed by atoms with van der Waals surface area (Å²) in [7, 11) is 0. The minimum atomic E-state index is -4.39. The van der Waals surface area contributed by atoms with Crippen LogP contribution in [0, 0.1) is 5.92 Å². The number of hydrogen-bond donors (Lipinski definition) is 0. The number of carbonyl (C=O) groups is 1. The van der Waals surface area contributed by atoms with Gasteiger partial charge in [-0.05, 0) is 48.9 Å². The van der Waals surface area contributed by atoms with E-state index in [-0.39, 0.29) is 18.0 Å². The van der Waals surface area contributed by atoms with E-state index in [4.69, 9.17) is 0 Å². The molecule has 0 bridgehead atoms. The van der Waals surface area contributed by atoms with Gasteiger partial charge in [-0.25, -0.2) is 4.98 Å². The van der Waals surface area contributed by atoms with E-state index in [1.807, 2.05) is 4.90 Å². The lowest BCUT2D eigenvalue weighted by Gasteiger charge is -2.36. The van der Waals surface area contributed by atoms with Crippen molar-refractivity contribution in [2.75, 3.05) is 31.1 Å². The summed E-state index contributed by atoms with van der Waals surface area (Å²) in [4.78, 5) is 36.0. The summed E-state index contributed by atoms with van der Waals surface area (Å²) in [5, 5.41) is 0.650. The SMILES string of the molecule is CC1CCc2c(sc3ncn(CC(=O)N4CCN(c5cccc(C(F)(F)F)c5)CC4)c(=O)c23)C1. The van der Waals surface area contributed by atoms with Gasteiger partial charge in [-0.3, -0.25) is 14.2 Å². The number of amides is 1. The molecule has 0 radical (unpaired) electrons. The van der Waals surface area contributed by atoms with Crippen LogP contribution in [0.1, 0.15) is 29.3 Å². The third-order valence-corrected chi connectivity index (χ3v) is 7.92. The van der Waals surface area contributed by atoms with Crippen LogP contribution < -0.4 is 10.5 Å². The molecule has 1 aromatic carbocycles. The van der Waals surface area contributed by atoms with Crippen LogP contribution in [0.4, 0.5) is 18.9 Å². The zero-order valence-electron chi connectivity index (χ0n) is 18.8. The molecule has 1 fully saturated rings. The molecule has 1 saturated heterocycles. The third kappa shape index (κ3) is 4.31. The van der Waals surface area contributed by atoms with Crippen LogP contribution in [0.25, 0.3) is 10.2 Å². The van der Waals surface area contributed by atoms with Crippen molar-refractivity contribution >= 4 is 33.1 Å². The highest BCUT2D eigenvalue weighted by molar-refractivity contribution is 7.18. The summed E-state index contributed by atoms with van der Waals surface area (Å²) < 4.78 is 40.5. The van der Waals surface area contributed by atoms with E-state index >= 15 is 0 Å². The highest BCUT2D eigenvalue weighted by Gasteiger charge is 2.31. The highest BCUT2D eigenvalue weighted by atomic mass is 32.1. The number of halogens is 3. The zero-order chi connectivity index (χ0) is 24.0.